The van der Waals surface area contributed by atoms with Gasteiger partial charge in [-0.1, -0.05) is 48.2 Å². The minimum absolute atomic E-state index is 0.0121. The van der Waals surface area contributed by atoms with Crippen molar-refractivity contribution in [2.24, 2.45) is 0 Å². The molecule has 2 saturated heterocycles. The predicted molar refractivity (Wildman–Crippen MR) is 209 cm³/mol. The molecule has 0 saturated carbocycles. The molecule has 60 heavy (non-hydrogen) atoms. The van der Waals surface area contributed by atoms with Gasteiger partial charge in [-0.15, -0.1) is 0 Å². The standard InChI is InChI=1S/C20H17F3N2O4S.C20H15F3N2O4S/c2*1-29-15-7-4-12(9-16-18(27)25-19(28)30-16)8-14(15)17(26)24-10-11-2-5-13(6-3-11)20(21,22)23/h2-8,16H,9-10H2,1H3,(H,24,26)(H,25,27,28);2-9H,10H2,1H3,(H,24,26)(H,25,27,28). The topological polar surface area (TPSA) is 169 Å². The Bertz CT molecular complexity index is 2340. The summed E-state index contributed by atoms with van der Waals surface area (Å²) in [4.78, 5) is 71.4. The summed E-state index contributed by atoms with van der Waals surface area (Å²) in [6, 6.07) is 18.5. The van der Waals surface area contributed by atoms with E-state index < -0.39 is 56.9 Å². The summed E-state index contributed by atoms with van der Waals surface area (Å²) in [7, 11) is 2.79. The molecule has 12 nitrogen and oxygen atoms in total. The zero-order valence-electron chi connectivity index (χ0n) is 31.2. The minimum Gasteiger partial charge on any atom is -0.496 e. The number of carbonyl (C=O) groups is 6. The first-order valence-corrected chi connectivity index (χ1v) is 19.0. The molecule has 4 aromatic rings. The number of benzene rings is 4. The van der Waals surface area contributed by atoms with Gasteiger partial charge in [0, 0.05) is 13.1 Å². The molecule has 4 aromatic carbocycles. The number of ether oxygens (including phenoxy) is 2. The van der Waals surface area contributed by atoms with Gasteiger partial charge in [-0.25, -0.2) is 0 Å². The Morgan fingerprint density at radius 2 is 1.15 bits per heavy atom. The Balaban J connectivity index is 0.000000228. The highest BCUT2D eigenvalue weighted by atomic mass is 32.2. The van der Waals surface area contributed by atoms with Crippen LogP contribution >= 0.6 is 23.5 Å². The molecule has 1 unspecified atom stereocenters. The summed E-state index contributed by atoms with van der Waals surface area (Å²) in [6.45, 7) is 0.0396. The van der Waals surface area contributed by atoms with Crippen LogP contribution in [-0.4, -0.2) is 53.6 Å². The highest BCUT2D eigenvalue weighted by Gasteiger charge is 2.33. The molecule has 0 bridgehead atoms. The van der Waals surface area contributed by atoms with Crippen molar-refractivity contribution in [1.82, 2.24) is 21.3 Å². The summed E-state index contributed by atoms with van der Waals surface area (Å²) >= 11 is 1.64. The van der Waals surface area contributed by atoms with E-state index in [0.29, 0.717) is 28.0 Å². The first-order chi connectivity index (χ1) is 28.3. The summed E-state index contributed by atoms with van der Waals surface area (Å²) in [6.07, 6.45) is -7.12. The van der Waals surface area contributed by atoms with E-state index in [9.17, 15) is 55.1 Å². The summed E-state index contributed by atoms with van der Waals surface area (Å²) in [5.74, 6) is -1.30. The molecule has 0 spiro atoms. The summed E-state index contributed by atoms with van der Waals surface area (Å²) < 4.78 is 86.2. The van der Waals surface area contributed by atoms with Crippen LogP contribution in [0, 0.1) is 0 Å². The third-order valence-corrected chi connectivity index (χ3v) is 10.4. The number of hydrogen-bond acceptors (Lipinski definition) is 10. The van der Waals surface area contributed by atoms with E-state index >= 15 is 0 Å². The fraction of sp³-hybridized carbons (Fsp3) is 0.200. The lowest BCUT2D eigenvalue weighted by Crippen LogP contribution is -2.26. The molecule has 20 heteroatoms. The maximum atomic E-state index is 12.6. The lowest BCUT2D eigenvalue weighted by Gasteiger charge is -2.13. The van der Waals surface area contributed by atoms with Crippen LogP contribution in [0.15, 0.2) is 89.8 Å². The molecular formula is C40H32F6N4O8S2. The zero-order valence-corrected chi connectivity index (χ0v) is 32.8. The van der Waals surface area contributed by atoms with Crippen molar-refractivity contribution in [3.05, 3.63) is 134 Å². The van der Waals surface area contributed by atoms with Crippen LogP contribution in [0.25, 0.3) is 6.08 Å². The van der Waals surface area contributed by atoms with Gasteiger partial charge in [0.2, 0.25) is 5.91 Å². The third kappa shape index (κ3) is 11.9. The van der Waals surface area contributed by atoms with E-state index in [4.69, 9.17) is 9.47 Å². The largest absolute Gasteiger partial charge is 0.496 e. The number of rotatable bonds is 11. The van der Waals surface area contributed by atoms with Crippen molar-refractivity contribution in [3.63, 3.8) is 0 Å². The molecule has 0 radical (unpaired) electrons. The number of nitrogens with one attached hydrogen (secondary N) is 4. The minimum atomic E-state index is -4.43. The van der Waals surface area contributed by atoms with Crippen molar-refractivity contribution in [3.8, 4) is 11.5 Å². The first kappa shape index (κ1) is 44.8. The molecule has 0 aromatic heterocycles. The summed E-state index contributed by atoms with van der Waals surface area (Å²) in [5, 5.41) is 8.16. The van der Waals surface area contributed by atoms with Crippen LogP contribution in [0.2, 0.25) is 0 Å². The smallest absolute Gasteiger partial charge is 0.416 e. The van der Waals surface area contributed by atoms with Crippen LogP contribution in [0.3, 0.4) is 0 Å². The molecule has 6 rings (SSSR count). The van der Waals surface area contributed by atoms with Crippen LogP contribution in [0.5, 0.6) is 11.5 Å². The number of hydrogen-bond donors (Lipinski definition) is 4. The molecule has 0 aliphatic carbocycles. The number of amides is 6. The highest BCUT2D eigenvalue weighted by molar-refractivity contribution is 8.18. The molecule has 2 aliphatic rings. The molecule has 2 fully saturated rings. The Labute approximate surface area is 345 Å². The normalized spacial score (nSPS) is 15.8. The maximum Gasteiger partial charge on any atom is 0.416 e. The number of alkyl halides is 6. The van der Waals surface area contributed by atoms with E-state index in [1.807, 2.05) is 0 Å². The van der Waals surface area contributed by atoms with Gasteiger partial charge < -0.3 is 20.1 Å². The van der Waals surface area contributed by atoms with Crippen LogP contribution in [-0.2, 0) is 41.5 Å². The van der Waals surface area contributed by atoms with Gasteiger partial charge in [0.1, 0.15) is 11.5 Å². The van der Waals surface area contributed by atoms with Gasteiger partial charge in [0.25, 0.3) is 28.2 Å². The van der Waals surface area contributed by atoms with E-state index in [2.05, 4.69) is 21.3 Å². The second-order valence-corrected chi connectivity index (χ2v) is 14.9. The Morgan fingerprint density at radius 3 is 1.58 bits per heavy atom. The number of thioether (sulfide) groups is 2. The first-order valence-electron chi connectivity index (χ1n) is 17.3. The fourth-order valence-corrected chi connectivity index (χ4v) is 7.09. The monoisotopic (exact) mass is 874 g/mol. The zero-order chi connectivity index (χ0) is 43.8. The third-order valence-electron chi connectivity index (χ3n) is 8.57. The van der Waals surface area contributed by atoms with Crippen LogP contribution < -0.4 is 30.7 Å². The molecule has 4 N–H and O–H groups in total. The molecular weight excluding hydrogens is 843 g/mol. The second-order valence-electron chi connectivity index (χ2n) is 12.7. The van der Waals surface area contributed by atoms with E-state index in [1.165, 1.54) is 50.6 Å². The van der Waals surface area contributed by atoms with Gasteiger partial charge >= 0.3 is 12.4 Å². The average molecular weight is 875 g/mol. The van der Waals surface area contributed by atoms with Gasteiger partial charge in [-0.05, 0) is 95.0 Å². The quantitative estimate of drug-likeness (QED) is 0.0875. The molecule has 2 heterocycles. The molecule has 314 valence electrons. The predicted octanol–water partition coefficient (Wildman–Crippen LogP) is 7.51. The van der Waals surface area contributed by atoms with Crippen LogP contribution in [0.4, 0.5) is 35.9 Å². The van der Waals surface area contributed by atoms with Gasteiger partial charge in [-0.2, -0.15) is 26.3 Å². The number of imide groups is 2. The summed E-state index contributed by atoms with van der Waals surface area (Å²) in [5.41, 5.74) is 1.02. The van der Waals surface area contributed by atoms with E-state index in [-0.39, 0.29) is 47.2 Å². The number of carbonyl (C=O) groups excluding carboxylic acids is 6. The van der Waals surface area contributed by atoms with Crippen molar-refractivity contribution in [2.45, 2.75) is 37.1 Å². The van der Waals surface area contributed by atoms with Crippen LogP contribution in [0.1, 0.15) is 54.1 Å². The number of halogens is 6. The average Bonchev–Trinajstić information content (AvgIpc) is 3.71. The SMILES string of the molecule is COc1ccc(C=C2SC(=O)NC2=O)cc1C(=O)NCc1ccc(C(F)(F)F)cc1.COc1ccc(CC2SC(=O)NC2=O)cc1C(=O)NCc1ccc(C(F)(F)F)cc1. The number of methoxy groups -OCH3 is 2. The maximum absolute atomic E-state index is 12.6. The Hall–Kier alpha value is -6.28. The van der Waals surface area contributed by atoms with E-state index in [1.54, 1.807) is 30.3 Å². The van der Waals surface area contributed by atoms with Crippen molar-refractivity contribution in [2.75, 3.05) is 14.2 Å². The Morgan fingerprint density at radius 1 is 0.667 bits per heavy atom. The van der Waals surface area contributed by atoms with Gasteiger partial charge in [0.15, 0.2) is 0 Å². The highest BCUT2D eigenvalue weighted by Crippen LogP contribution is 2.31. The second kappa shape index (κ2) is 19.2. The Kier molecular flexibility index (Phi) is 14.3. The van der Waals surface area contributed by atoms with Gasteiger partial charge in [0.05, 0.1) is 46.6 Å². The molecule has 2 aliphatic heterocycles. The lowest BCUT2D eigenvalue weighted by molar-refractivity contribution is -0.138. The van der Waals surface area contributed by atoms with Crippen molar-refractivity contribution in [1.29, 1.82) is 0 Å². The molecule has 1 atom stereocenters. The van der Waals surface area contributed by atoms with E-state index in [0.717, 1.165) is 47.8 Å². The van der Waals surface area contributed by atoms with Gasteiger partial charge in [-0.3, -0.25) is 39.4 Å². The molecule has 6 amide bonds. The van der Waals surface area contributed by atoms with Crippen molar-refractivity contribution >= 4 is 63.7 Å². The fourth-order valence-electron chi connectivity index (χ4n) is 5.54. The lowest BCUT2D eigenvalue weighted by atomic mass is 10.0. The van der Waals surface area contributed by atoms with Crippen molar-refractivity contribution < 1.29 is 64.6 Å².